The highest BCUT2D eigenvalue weighted by molar-refractivity contribution is 6.04. The molecular formula is C25H18F3N3O3. The summed E-state index contributed by atoms with van der Waals surface area (Å²) in [5.74, 6) is -0.812. The van der Waals surface area contributed by atoms with Gasteiger partial charge in [-0.25, -0.2) is 0 Å². The average Bonchev–Trinajstić information content (AvgIpc) is 3.18. The van der Waals surface area contributed by atoms with Crippen LogP contribution in [-0.2, 0) is 12.6 Å². The smallest absolute Gasteiger partial charge is 0.366 e. The lowest BCUT2D eigenvalue weighted by Gasteiger charge is -2.09. The average molecular weight is 465 g/mol. The van der Waals surface area contributed by atoms with Crippen molar-refractivity contribution < 1.29 is 22.9 Å². The molecule has 4 aromatic rings. The van der Waals surface area contributed by atoms with Gasteiger partial charge in [-0.15, -0.1) is 0 Å². The van der Waals surface area contributed by atoms with Crippen molar-refractivity contribution in [3.8, 4) is 22.5 Å². The van der Waals surface area contributed by atoms with E-state index in [9.17, 15) is 28.1 Å². The number of carbonyl (C=O) groups is 1. The maximum atomic E-state index is 13.1. The van der Waals surface area contributed by atoms with Crippen LogP contribution < -0.4 is 5.73 Å². The summed E-state index contributed by atoms with van der Waals surface area (Å²) in [5.41, 5.74) is 7.01. The maximum absolute atomic E-state index is 13.1. The van der Waals surface area contributed by atoms with Gasteiger partial charge in [-0.1, -0.05) is 54.6 Å². The quantitative estimate of drug-likeness (QED) is 0.271. The second kappa shape index (κ2) is 8.86. The third-order valence-electron chi connectivity index (χ3n) is 5.44. The molecule has 1 aromatic heterocycles. The van der Waals surface area contributed by atoms with Crippen LogP contribution in [0.1, 0.15) is 27.0 Å². The summed E-state index contributed by atoms with van der Waals surface area (Å²) in [4.78, 5) is 26.7. The molecule has 0 aliphatic heterocycles. The summed E-state index contributed by atoms with van der Waals surface area (Å²) in [6.07, 6.45) is -4.28. The number of aromatic amines is 1. The molecule has 6 nitrogen and oxygen atoms in total. The van der Waals surface area contributed by atoms with Gasteiger partial charge < -0.3 is 10.7 Å². The topological polar surface area (TPSA) is 102 Å². The molecule has 0 fully saturated rings. The number of hydrogen-bond donors (Lipinski definition) is 2. The number of para-hydroxylation sites is 1. The van der Waals surface area contributed by atoms with E-state index >= 15 is 0 Å². The highest BCUT2D eigenvalue weighted by Crippen LogP contribution is 2.39. The highest BCUT2D eigenvalue weighted by Gasteiger charge is 2.31. The van der Waals surface area contributed by atoms with Gasteiger partial charge in [0.25, 0.3) is 11.6 Å². The van der Waals surface area contributed by atoms with E-state index in [1.54, 1.807) is 6.07 Å². The number of H-pyrrole nitrogens is 1. The van der Waals surface area contributed by atoms with E-state index in [1.807, 2.05) is 30.3 Å². The number of hydrogen-bond acceptors (Lipinski definition) is 3. The number of alkyl halides is 3. The monoisotopic (exact) mass is 465 g/mol. The SMILES string of the molecule is NC(=O)c1c(-c2ccccc2[N+](=O)[O-])[nH]c(-c2ccc(C(F)(F)F)cc2)c1Cc1ccccc1. The number of amides is 1. The third kappa shape index (κ3) is 4.40. The fraction of sp³-hybridized carbons (Fsp3) is 0.0800. The number of benzene rings is 3. The van der Waals surface area contributed by atoms with Crippen molar-refractivity contribution in [2.75, 3.05) is 0 Å². The van der Waals surface area contributed by atoms with E-state index in [1.165, 1.54) is 30.3 Å². The van der Waals surface area contributed by atoms with E-state index in [-0.39, 0.29) is 28.9 Å². The molecular weight excluding hydrogens is 447 g/mol. The molecule has 34 heavy (non-hydrogen) atoms. The van der Waals surface area contributed by atoms with Crippen molar-refractivity contribution in [3.05, 3.63) is 111 Å². The molecule has 0 spiro atoms. The van der Waals surface area contributed by atoms with Crippen LogP contribution in [0.4, 0.5) is 18.9 Å². The number of halogens is 3. The predicted octanol–water partition coefficient (Wildman–Crippen LogP) is 5.97. The first-order valence-electron chi connectivity index (χ1n) is 10.2. The Labute approximate surface area is 192 Å². The molecule has 4 rings (SSSR count). The molecule has 0 saturated carbocycles. The second-order valence-electron chi connectivity index (χ2n) is 7.60. The van der Waals surface area contributed by atoms with Crippen molar-refractivity contribution in [3.63, 3.8) is 0 Å². The summed E-state index contributed by atoms with van der Waals surface area (Å²) in [5, 5.41) is 11.6. The van der Waals surface area contributed by atoms with Crippen LogP contribution in [0.5, 0.6) is 0 Å². The first-order valence-corrected chi connectivity index (χ1v) is 10.2. The van der Waals surface area contributed by atoms with Crippen molar-refractivity contribution in [2.24, 2.45) is 5.73 Å². The van der Waals surface area contributed by atoms with Gasteiger partial charge in [0.05, 0.1) is 33.0 Å². The Morgan fingerprint density at radius 1 is 0.912 bits per heavy atom. The second-order valence-corrected chi connectivity index (χ2v) is 7.60. The number of carbonyl (C=O) groups excluding carboxylic acids is 1. The van der Waals surface area contributed by atoms with Crippen LogP contribution >= 0.6 is 0 Å². The van der Waals surface area contributed by atoms with Crippen molar-refractivity contribution in [1.29, 1.82) is 0 Å². The lowest BCUT2D eigenvalue weighted by atomic mass is 9.95. The van der Waals surface area contributed by atoms with E-state index < -0.39 is 22.6 Å². The number of nitro groups is 1. The van der Waals surface area contributed by atoms with Gasteiger partial charge in [-0.2, -0.15) is 13.2 Å². The molecule has 0 aliphatic rings. The van der Waals surface area contributed by atoms with E-state index in [0.29, 0.717) is 16.8 Å². The van der Waals surface area contributed by atoms with Crippen molar-refractivity contribution in [1.82, 2.24) is 4.98 Å². The minimum atomic E-state index is -4.50. The Morgan fingerprint density at radius 3 is 2.12 bits per heavy atom. The Kier molecular flexibility index (Phi) is 5.93. The van der Waals surface area contributed by atoms with E-state index in [0.717, 1.165) is 17.7 Å². The molecule has 1 amide bonds. The number of primary amides is 1. The van der Waals surface area contributed by atoms with Gasteiger partial charge in [-0.05, 0) is 34.9 Å². The zero-order valence-corrected chi connectivity index (χ0v) is 17.6. The zero-order valence-electron chi connectivity index (χ0n) is 17.6. The molecule has 0 aliphatic carbocycles. The Morgan fingerprint density at radius 2 is 1.53 bits per heavy atom. The van der Waals surface area contributed by atoms with Crippen LogP contribution in [0.25, 0.3) is 22.5 Å². The lowest BCUT2D eigenvalue weighted by Crippen LogP contribution is -2.14. The summed E-state index contributed by atoms with van der Waals surface area (Å²) < 4.78 is 39.2. The van der Waals surface area contributed by atoms with E-state index in [4.69, 9.17) is 5.73 Å². The van der Waals surface area contributed by atoms with Gasteiger partial charge in [0, 0.05) is 12.5 Å². The standard InChI is InChI=1S/C25H18F3N3O3/c26-25(27,28)17-12-10-16(11-13-17)22-19(14-15-6-2-1-3-7-15)21(24(29)32)23(30-22)18-8-4-5-9-20(18)31(33)34/h1-13,30H,14H2,(H2,29,32). The van der Waals surface area contributed by atoms with Gasteiger partial charge in [0.1, 0.15) is 0 Å². The summed E-state index contributed by atoms with van der Waals surface area (Å²) in [7, 11) is 0. The van der Waals surface area contributed by atoms with E-state index in [2.05, 4.69) is 4.98 Å². The molecule has 0 atom stereocenters. The van der Waals surface area contributed by atoms with Crippen molar-refractivity contribution >= 4 is 11.6 Å². The number of rotatable bonds is 6. The first kappa shape index (κ1) is 22.8. The first-order chi connectivity index (χ1) is 16.2. The molecule has 0 saturated heterocycles. The number of nitro benzene ring substituents is 1. The fourth-order valence-electron chi connectivity index (χ4n) is 3.91. The van der Waals surface area contributed by atoms with Gasteiger partial charge in [0.15, 0.2) is 0 Å². The largest absolute Gasteiger partial charge is 0.416 e. The minimum absolute atomic E-state index is 0.0491. The summed E-state index contributed by atoms with van der Waals surface area (Å²) >= 11 is 0. The Bertz CT molecular complexity index is 1360. The minimum Gasteiger partial charge on any atom is -0.366 e. The summed E-state index contributed by atoms with van der Waals surface area (Å²) in [6, 6.07) is 19.4. The maximum Gasteiger partial charge on any atom is 0.416 e. The summed E-state index contributed by atoms with van der Waals surface area (Å²) in [6.45, 7) is 0. The molecule has 172 valence electrons. The normalized spacial score (nSPS) is 11.4. The number of aromatic nitrogens is 1. The van der Waals surface area contributed by atoms with Gasteiger partial charge in [-0.3, -0.25) is 14.9 Å². The fourth-order valence-corrected chi connectivity index (χ4v) is 3.91. The molecule has 3 N–H and O–H groups in total. The lowest BCUT2D eigenvalue weighted by molar-refractivity contribution is -0.384. The molecule has 0 bridgehead atoms. The van der Waals surface area contributed by atoms with Crippen molar-refractivity contribution in [2.45, 2.75) is 12.6 Å². The van der Waals surface area contributed by atoms with Crippen LogP contribution in [-0.4, -0.2) is 15.8 Å². The molecule has 0 unspecified atom stereocenters. The van der Waals surface area contributed by atoms with Crippen LogP contribution in [0, 0.1) is 10.1 Å². The highest BCUT2D eigenvalue weighted by atomic mass is 19.4. The molecule has 3 aromatic carbocycles. The Balaban J connectivity index is 1.98. The Hall–Kier alpha value is -4.40. The van der Waals surface area contributed by atoms with Crippen LogP contribution in [0.15, 0.2) is 78.9 Å². The third-order valence-corrected chi connectivity index (χ3v) is 5.44. The van der Waals surface area contributed by atoms with Crippen LogP contribution in [0.2, 0.25) is 0 Å². The number of nitrogens with one attached hydrogen (secondary N) is 1. The number of nitrogens with zero attached hydrogens (tertiary/aromatic N) is 1. The van der Waals surface area contributed by atoms with Gasteiger partial charge >= 0.3 is 6.18 Å². The predicted molar refractivity (Wildman–Crippen MR) is 121 cm³/mol. The zero-order chi connectivity index (χ0) is 24.5. The van der Waals surface area contributed by atoms with Gasteiger partial charge in [0.2, 0.25) is 0 Å². The van der Waals surface area contributed by atoms with Crippen LogP contribution in [0.3, 0.4) is 0 Å². The molecule has 1 heterocycles. The molecule has 9 heteroatoms. The number of nitrogens with two attached hydrogens (primary N) is 1. The molecule has 0 radical (unpaired) electrons.